The molecule has 1 amide bonds. The van der Waals surface area contributed by atoms with Crippen molar-refractivity contribution in [3.05, 3.63) is 12.7 Å². The van der Waals surface area contributed by atoms with Crippen molar-refractivity contribution in [2.75, 3.05) is 19.8 Å². The van der Waals surface area contributed by atoms with Crippen molar-refractivity contribution in [1.82, 2.24) is 4.90 Å². The van der Waals surface area contributed by atoms with Crippen LogP contribution in [0.2, 0.25) is 0 Å². The van der Waals surface area contributed by atoms with Crippen molar-refractivity contribution in [1.29, 1.82) is 0 Å². The molecule has 0 radical (unpaired) electrons. The van der Waals surface area contributed by atoms with Gasteiger partial charge in [0.1, 0.15) is 6.61 Å². The predicted octanol–water partition coefficient (Wildman–Crippen LogP) is 1.40. The first-order valence-corrected chi connectivity index (χ1v) is 4.59. The second-order valence-corrected chi connectivity index (χ2v) is 3.91. The van der Waals surface area contributed by atoms with E-state index in [1.54, 1.807) is 11.0 Å². The van der Waals surface area contributed by atoms with Crippen LogP contribution in [-0.4, -0.2) is 41.4 Å². The highest BCUT2D eigenvalue weighted by atomic mass is 16.6. The van der Waals surface area contributed by atoms with Gasteiger partial charge < -0.3 is 9.84 Å². The summed E-state index contributed by atoms with van der Waals surface area (Å²) in [6.07, 6.45) is 1.22. The van der Waals surface area contributed by atoms with Crippen LogP contribution in [0, 0.1) is 0 Å². The monoisotopic (exact) mass is 201 g/mol. The first kappa shape index (κ1) is 13.0. The molecular weight excluding hydrogens is 182 g/mol. The van der Waals surface area contributed by atoms with Crippen LogP contribution in [0.5, 0.6) is 0 Å². The van der Waals surface area contributed by atoms with Gasteiger partial charge in [-0.25, -0.2) is 4.79 Å². The van der Waals surface area contributed by atoms with E-state index >= 15 is 0 Å². The summed E-state index contributed by atoms with van der Waals surface area (Å²) in [7, 11) is 0. The smallest absolute Gasteiger partial charge is 0.410 e. The minimum atomic E-state index is -0.425. The number of carbonyl (C=O) groups is 1. The Hall–Kier alpha value is -1.03. The summed E-state index contributed by atoms with van der Waals surface area (Å²) in [4.78, 5) is 13.0. The summed E-state index contributed by atoms with van der Waals surface area (Å²) in [5, 5.41) is 8.51. The summed E-state index contributed by atoms with van der Waals surface area (Å²) >= 11 is 0. The summed E-state index contributed by atoms with van der Waals surface area (Å²) in [6, 6.07) is 0. The van der Waals surface area contributed by atoms with Crippen LogP contribution in [0.4, 0.5) is 4.79 Å². The van der Waals surface area contributed by atoms with Gasteiger partial charge in [0.25, 0.3) is 0 Å². The highest BCUT2D eigenvalue weighted by Gasteiger charge is 2.26. The predicted molar refractivity (Wildman–Crippen MR) is 55.1 cm³/mol. The lowest BCUT2D eigenvalue weighted by Crippen LogP contribution is -2.46. The van der Waals surface area contributed by atoms with E-state index in [1.165, 1.54) is 0 Å². The fraction of sp³-hybridized carbons (Fsp3) is 0.700. The van der Waals surface area contributed by atoms with Crippen molar-refractivity contribution < 1.29 is 14.6 Å². The lowest BCUT2D eigenvalue weighted by Gasteiger charge is -2.33. The molecule has 0 aliphatic rings. The maximum absolute atomic E-state index is 11.5. The van der Waals surface area contributed by atoms with Crippen LogP contribution >= 0.6 is 0 Å². The minimum Gasteiger partial charge on any atom is -0.447 e. The number of ether oxygens (including phenoxy) is 1. The van der Waals surface area contributed by atoms with Crippen LogP contribution in [-0.2, 0) is 4.74 Å². The molecule has 0 heterocycles. The van der Waals surface area contributed by atoms with Gasteiger partial charge in [0.2, 0.25) is 0 Å². The maximum atomic E-state index is 11.5. The molecule has 0 bridgehead atoms. The normalized spacial score (nSPS) is 10.9. The Morgan fingerprint density at radius 1 is 1.57 bits per heavy atom. The molecule has 0 saturated heterocycles. The number of aliphatic hydroxyl groups excluding tert-OH is 1. The molecule has 0 saturated carbocycles. The number of nitrogens with zero attached hydrogens (tertiary/aromatic N) is 1. The Kier molecular flexibility index (Phi) is 5.23. The Bertz CT molecular complexity index is 196. The average Bonchev–Trinajstić information content (AvgIpc) is 2.08. The molecule has 0 fully saturated rings. The lowest BCUT2D eigenvalue weighted by atomic mass is 10.1. The minimum absolute atomic E-state index is 0.0303. The zero-order chi connectivity index (χ0) is 11.2. The first-order chi connectivity index (χ1) is 6.43. The zero-order valence-corrected chi connectivity index (χ0v) is 9.12. The van der Waals surface area contributed by atoms with E-state index in [2.05, 4.69) is 6.58 Å². The van der Waals surface area contributed by atoms with Gasteiger partial charge in [-0.1, -0.05) is 6.08 Å². The summed E-state index contributed by atoms with van der Waals surface area (Å²) in [5.74, 6) is 0. The van der Waals surface area contributed by atoms with Gasteiger partial charge in [-0.05, 0) is 20.8 Å². The Morgan fingerprint density at radius 3 is 2.50 bits per heavy atom. The molecule has 0 atom stereocenters. The summed E-state index contributed by atoms with van der Waals surface area (Å²) in [5.41, 5.74) is -0.305. The molecule has 0 aromatic carbocycles. The second kappa shape index (κ2) is 5.65. The van der Waals surface area contributed by atoms with Gasteiger partial charge in [0.05, 0.1) is 6.61 Å². The van der Waals surface area contributed by atoms with E-state index in [0.29, 0.717) is 6.54 Å². The molecule has 4 heteroatoms. The SMILES string of the molecule is C=CCN(C(=O)OCCO)C(C)(C)C. The topological polar surface area (TPSA) is 49.8 Å². The Labute approximate surface area is 85.2 Å². The highest BCUT2D eigenvalue weighted by Crippen LogP contribution is 2.14. The number of rotatable bonds is 4. The first-order valence-electron chi connectivity index (χ1n) is 4.59. The molecule has 0 aromatic rings. The number of hydrogen-bond acceptors (Lipinski definition) is 3. The van der Waals surface area contributed by atoms with Crippen molar-refractivity contribution in [2.45, 2.75) is 26.3 Å². The Morgan fingerprint density at radius 2 is 2.14 bits per heavy atom. The molecule has 0 aliphatic carbocycles. The molecule has 0 aromatic heterocycles. The van der Waals surface area contributed by atoms with Crippen LogP contribution in [0.3, 0.4) is 0 Å². The standard InChI is InChI=1S/C10H19NO3/c1-5-6-11(10(2,3)4)9(13)14-8-7-12/h5,12H,1,6-8H2,2-4H3. The van der Waals surface area contributed by atoms with Crippen molar-refractivity contribution in [3.63, 3.8) is 0 Å². The fourth-order valence-corrected chi connectivity index (χ4v) is 0.962. The van der Waals surface area contributed by atoms with Crippen molar-refractivity contribution in [3.8, 4) is 0 Å². The second-order valence-electron chi connectivity index (χ2n) is 3.91. The van der Waals surface area contributed by atoms with Crippen molar-refractivity contribution >= 4 is 6.09 Å². The van der Waals surface area contributed by atoms with E-state index in [-0.39, 0.29) is 18.8 Å². The quantitative estimate of drug-likeness (QED) is 0.699. The number of amides is 1. The number of carbonyl (C=O) groups excluding carboxylic acids is 1. The third-order valence-corrected chi connectivity index (χ3v) is 1.66. The average molecular weight is 201 g/mol. The molecule has 82 valence electrons. The molecule has 0 aliphatic heterocycles. The van der Waals surface area contributed by atoms with Crippen LogP contribution in [0.1, 0.15) is 20.8 Å². The molecule has 0 rings (SSSR count). The van der Waals surface area contributed by atoms with Crippen LogP contribution in [0.25, 0.3) is 0 Å². The van der Waals surface area contributed by atoms with Gasteiger partial charge in [-0.2, -0.15) is 0 Å². The molecule has 0 spiro atoms. The molecule has 1 N–H and O–H groups in total. The largest absolute Gasteiger partial charge is 0.447 e. The summed E-state index contributed by atoms with van der Waals surface area (Å²) < 4.78 is 4.82. The van der Waals surface area contributed by atoms with Crippen LogP contribution < -0.4 is 0 Å². The van der Waals surface area contributed by atoms with Gasteiger partial charge in [0.15, 0.2) is 0 Å². The van der Waals surface area contributed by atoms with E-state index in [9.17, 15) is 4.79 Å². The zero-order valence-electron chi connectivity index (χ0n) is 9.12. The third kappa shape index (κ3) is 4.28. The van der Waals surface area contributed by atoms with Gasteiger partial charge >= 0.3 is 6.09 Å². The number of hydrogen-bond donors (Lipinski definition) is 1. The van der Waals surface area contributed by atoms with Crippen LogP contribution in [0.15, 0.2) is 12.7 Å². The fourth-order valence-electron chi connectivity index (χ4n) is 0.962. The maximum Gasteiger partial charge on any atom is 0.410 e. The van der Waals surface area contributed by atoms with Gasteiger partial charge in [-0.15, -0.1) is 6.58 Å². The Balaban J connectivity index is 4.33. The summed E-state index contributed by atoms with van der Waals surface area (Å²) in [6.45, 7) is 9.63. The molecule has 14 heavy (non-hydrogen) atoms. The van der Waals surface area contributed by atoms with E-state index < -0.39 is 6.09 Å². The van der Waals surface area contributed by atoms with Gasteiger partial charge in [-0.3, -0.25) is 4.90 Å². The number of aliphatic hydroxyl groups is 1. The third-order valence-electron chi connectivity index (χ3n) is 1.66. The van der Waals surface area contributed by atoms with E-state index in [4.69, 9.17) is 9.84 Å². The van der Waals surface area contributed by atoms with Gasteiger partial charge in [0, 0.05) is 12.1 Å². The van der Waals surface area contributed by atoms with E-state index in [0.717, 1.165) is 0 Å². The van der Waals surface area contributed by atoms with E-state index in [1.807, 2.05) is 20.8 Å². The molecule has 4 nitrogen and oxygen atoms in total. The lowest BCUT2D eigenvalue weighted by molar-refractivity contribution is 0.0610. The highest BCUT2D eigenvalue weighted by molar-refractivity contribution is 5.68. The van der Waals surface area contributed by atoms with Crippen molar-refractivity contribution in [2.24, 2.45) is 0 Å². The molecule has 0 unspecified atom stereocenters. The molecular formula is C10H19NO3.